The van der Waals surface area contributed by atoms with Crippen LogP contribution in [0.5, 0.6) is 11.5 Å². The van der Waals surface area contributed by atoms with E-state index < -0.39 is 23.3 Å². The summed E-state index contributed by atoms with van der Waals surface area (Å²) in [4.78, 5) is 10.5. The normalized spacial score (nSPS) is 11.2. The maximum Gasteiger partial charge on any atom is 0.419 e. The van der Waals surface area contributed by atoms with Gasteiger partial charge in [-0.1, -0.05) is 12.1 Å². The van der Waals surface area contributed by atoms with Crippen LogP contribution in [0.4, 0.5) is 17.6 Å². The minimum absolute atomic E-state index is 0.121. The molecule has 2 aromatic rings. The number of para-hydroxylation sites is 1. The van der Waals surface area contributed by atoms with Gasteiger partial charge in [-0.15, -0.1) is 0 Å². The molecule has 104 valence electrons. The van der Waals surface area contributed by atoms with Gasteiger partial charge in [-0.05, 0) is 24.3 Å². The molecule has 0 aliphatic rings. The van der Waals surface area contributed by atoms with E-state index in [0.717, 1.165) is 24.3 Å². The Bertz CT molecular complexity index is 635. The van der Waals surface area contributed by atoms with Crippen molar-refractivity contribution in [1.82, 2.24) is 0 Å². The van der Waals surface area contributed by atoms with Crippen molar-refractivity contribution in [2.45, 2.75) is 6.18 Å². The molecule has 0 amide bonds. The van der Waals surface area contributed by atoms with E-state index in [0.29, 0.717) is 6.29 Å². The van der Waals surface area contributed by atoms with Gasteiger partial charge >= 0.3 is 6.18 Å². The minimum Gasteiger partial charge on any atom is -0.457 e. The van der Waals surface area contributed by atoms with Crippen molar-refractivity contribution in [3.8, 4) is 11.5 Å². The number of halogens is 4. The lowest BCUT2D eigenvalue weighted by Crippen LogP contribution is -2.06. The highest BCUT2D eigenvalue weighted by molar-refractivity contribution is 5.75. The molecule has 0 aromatic heterocycles. The molecule has 0 N–H and O–H groups in total. The van der Waals surface area contributed by atoms with E-state index >= 15 is 0 Å². The van der Waals surface area contributed by atoms with E-state index in [1.165, 1.54) is 18.2 Å². The van der Waals surface area contributed by atoms with Crippen LogP contribution in [0, 0.1) is 5.82 Å². The van der Waals surface area contributed by atoms with E-state index in [4.69, 9.17) is 4.74 Å². The van der Waals surface area contributed by atoms with Crippen molar-refractivity contribution in [3.05, 3.63) is 59.4 Å². The second kappa shape index (κ2) is 5.32. The van der Waals surface area contributed by atoms with Gasteiger partial charge < -0.3 is 4.74 Å². The number of alkyl halides is 3. The summed E-state index contributed by atoms with van der Waals surface area (Å²) in [5, 5.41) is 0. The lowest BCUT2D eigenvalue weighted by Gasteiger charge is -2.13. The average Bonchev–Trinajstić information content (AvgIpc) is 2.38. The second-order valence-corrected chi connectivity index (χ2v) is 3.90. The van der Waals surface area contributed by atoms with Crippen LogP contribution >= 0.6 is 0 Å². The number of aldehydes is 1. The first-order valence-electron chi connectivity index (χ1n) is 5.50. The Balaban J connectivity index is 2.36. The molecular weight excluding hydrogens is 276 g/mol. The maximum atomic E-state index is 13.4. The van der Waals surface area contributed by atoms with Gasteiger partial charge in [0.1, 0.15) is 17.3 Å². The number of hydrogen-bond acceptors (Lipinski definition) is 2. The van der Waals surface area contributed by atoms with E-state index in [1.54, 1.807) is 0 Å². The zero-order chi connectivity index (χ0) is 14.8. The number of hydrogen-bond donors (Lipinski definition) is 0. The molecule has 0 saturated carbocycles. The zero-order valence-electron chi connectivity index (χ0n) is 9.95. The van der Waals surface area contributed by atoms with Gasteiger partial charge in [0.25, 0.3) is 0 Å². The Morgan fingerprint density at radius 1 is 1.05 bits per heavy atom. The smallest absolute Gasteiger partial charge is 0.419 e. The van der Waals surface area contributed by atoms with Crippen LogP contribution in [0.25, 0.3) is 0 Å². The predicted octanol–water partition coefficient (Wildman–Crippen LogP) is 4.45. The molecule has 0 spiro atoms. The first kappa shape index (κ1) is 14.0. The van der Waals surface area contributed by atoms with Gasteiger partial charge in [0.15, 0.2) is 6.29 Å². The minimum atomic E-state index is -4.57. The van der Waals surface area contributed by atoms with Crippen molar-refractivity contribution in [3.63, 3.8) is 0 Å². The molecule has 0 unspecified atom stereocenters. The summed E-state index contributed by atoms with van der Waals surface area (Å²) in [6, 6.07) is 7.82. The highest BCUT2D eigenvalue weighted by atomic mass is 19.4. The van der Waals surface area contributed by atoms with Crippen LogP contribution < -0.4 is 4.74 Å². The topological polar surface area (TPSA) is 26.3 Å². The average molecular weight is 284 g/mol. The molecule has 0 bridgehead atoms. The SMILES string of the molecule is O=Cc1ccc(Oc2ccccc2C(F)(F)F)cc1F. The van der Waals surface area contributed by atoms with Crippen LogP contribution in [0.1, 0.15) is 15.9 Å². The number of carbonyl (C=O) groups is 1. The number of rotatable bonds is 3. The number of benzene rings is 2. The van der Waals surface area contributed by atoms with Crippen LogP contribution in [-0.2, 0) is 6.18 Å². The van der Waals surface area contributed by atoms with Crippen molar-refractivity contribution in [1.29, 1.82) is 0 Å². The molecule has 2 rings (SSSR count). The quantitative estimate of drug-likeness (QED) is 0.615. The summed E-state index contributed by atoms with van der Waals surface area (Å²) in [6.07, 6.45) is -4.26. The third-order valence-electron chi connectivity index (χ3n) is 2.52. The fourth-order valence-corrected chi connectivity index (χ4v) is 1.58. The Kier molecular flexibility index (Phi) is 3.74. The summed E-state index contributed by atoms with van der Waals surface area (Å²) >= 11 is 0. The summed E-state index contributed by atoms with van der Waals surface area (Å²) in [6.45, 7) is 0. The third-order valence-corrected chi connectivity index (χ3v) is 2.52. The molecular formula is C14H8F4O2. The highest BCUT2D eigenvalue weighted by Crippen LogP contribution is 2.37. The Morgan fingerprint density at radius 2 is 1.75 bits per heavy atom. The van der Waals surface area contributed by atoms with Crippen molar-refractivity contribution in [2.24, 2.45) is 0 Å². The summed E-state index contributed by atoms with van der Waals surface area (Å²) in [5.74, 6) is -1.41. The van der Waals surface area contributed by atoms with Crippen LogP contribution in [0.2, 0.25) is 0 Å². The monoisotopic (exact) mass is 284 g/mol. The van der Waals surface area contributed by atoms with Gasteiger partial charge in [0, 0.05) is 6.07 Å². The largest absolute Gasteiger partial charge is 0.457 e. The number of ether oxygens (including phenoxy) is 1. The zero-order valence-corrected chi connectivity index (χ0v) is 9.95. The Morgan fingerprint density at radius 3 is 2.35 bits per heavy atom. The van der Waals surface area contributed by atoms with Crippen molar-refractivity contribution >= 4 is 6.29 Å². The number of carbonyl (C=O) groups excluding carboxylic acids is 1. The molecule has 6 heteroatoms. The molecule has 0 atom stereocenters. The second-order valence-electron chi connectivity index (χ2n) is 3.90. The van der Waals surface area contributed by atoms with E-state index in [9.17, 15) is 22.4 Å². The molecule has 20 heavy (non-hydrogen) atoms. The van der Waals surface area contributed by atoms with Gasteiger partial charge in [-0.25, -0.2) is 4.39 Å². The molecule has 0 heterocycles. The van der Waals surface area contributed by atoms with Gasteiger partial charge in [0.2, 0.25) is 0 Å². The summed E-state index contributed by atoms with van der Waals surface area (Å²) < 4.78 is 56.6. The Labute approximate surface area is 111 Å². The fourth-order valence-electron chi connectivity index (χ4n) is 1.58. The lowest BCUT2D eigenvalue weighted by molar-refractivity contribution is -0.138. The highest BCUT2D eigenvalue weighted by Gasteiger charge is 2.34. The first-order valence-corrected chi connectivity index (χ1v) is 5.50. The third kappa shape index (κ3) is 2.96. The van der Waals surface area contributed by atoms with Crippen molar-refractivity contribution in [2.75, 3.05) is 0 Å². The van der Waals surface area contributed by atoms with Gasteiger partial charge in [0.05, 0.1) is 11.1 Å². The van der Waals surface area contributed by atoms with Crippen molar-refractivity contribution < 1.29 is 27.1 Å². The predicted molar refractivity (Wildman–Crippen MR) is 63.3 cm³/mol. The summed E-state index contributed by atoms with van der Waals surface area (Å²) in [7, 11) is 0. The standard InChI is InChI=1S/C14H8F4O2/c15-12-7-10(6-5-9(12)8-19)20-13-4-2-1-3-11(13)14(16,17)18/h1-8H. The molecule has 0 fully saturated rings. The van der Waals surface area contributed by atoms with Crippen LogP contribution in [-0.4, -0.2) is 6.29 Å². The van der Waals surface area contributed by atoms with E-state index in [2.05, 4.69) is 0 Å². The molecule has 0 aliphatic carbocycles. The molecule has 2 aromatic carbocycles. The molecule has 0 aliphatic heterocycles. The van der Waals surface area contributed by atoms with Crippen LogP contribution in [0.3, 0.4) is 0 Å². The molecule has 0 saturated heterocycles. The van der Waals surface area contributed by atoms with Gasteiger partial charge in [-0.3, -0.25) is 4.79 Å². The Hall–Kier alpha value is -2.37. The van der Waals surface area contributed by atoms with E-state index in [1.807, 2.05) is 0 Å². The molecule has 0 radical (unpaired) electrons. The maximum absolute atomic E-state index is 13.4. The fraction of sp³-hybridized carbons (Fsp3) is 0.0714. The van der Waals surface area contributed by atoms with E-state index in [-0.39, 0.29) is 11.3 Å². The first-order chi connectivity index (χ1) is 9.41. The van der Waals surface area contributed by atoms with Gasteiger partial charge in [-0.2, -0.15) is 13.2 Å². The van der Waals surface area contributed by atoms with Crippen LogP contribution in [0.15, 0.2) is 42.5 Å². The molecule has 2 nitrogen and oxygen atoms in total. The summed E-state index contributed by atoms with van der Waals surface area (Å²) in [5.41, 5.74) is -1.15. The lowest BCUT2D eigenvalue weighted by atomic mass is 10.2.